The van der Waals surface area contributed by atoms with E-state index in [4.69, 9.17) is 47.0 Å². The second-order valence-electron chi connectivity index (χ2n) is 7.20. The van der Waals surface area contributed by atoms with Crippen molar-refractivity contribution in [2.45, 2.75) is 0 Å². The Morgan fingerprint density at radius 1 is 0.647 bits per heavy atom. The average Bonchev–Trinajstić information content (AvgIpc) is 2.80. The molecule has 0 spiro atoms. The highest BCUT2D eigenvalue weighted by molar-refractivity contribution is 7.80. The number of benzene rings is 4. The number of hydrogen-bond acceptors (Lipinski definition) is 3. The fourth-order valence-electron chi connectivity index (χ4n) is 3.31. The van der Waals surface area contributed by atoms with E-state index < -0.39 is 0 Å². The van der Waals surface area contributed by atoms with E-state index in [1.807, 2.05) is 12.1 Å². The van der Waals surface area contributed by atoms with Crippen molar-refractivity contribution in [3.63, 3.8) is 0 Å². The summed E-state index contributed by atoms with van der Waals surface area (Å²) in [5, 5.41) is 11.3. The Balaban J connectivity index is 1.39. The molecule has 0 aliphatic rings. The van der Waals surface area contributed by atoms with E-state index in [9.17, 15) is 9.59 Å². The minimum absolute atomic E-state index is 0.133. The van der Waals surface area contributed by atoms with Gasteiger partial charge in [-0.25, -0.2) is 0 Å². The highest BCUT2D eigenvalue weighted by Gasteiger charge is 2.13. The molecule has 4 aromatic rings. The molecule has 0 aliphatic carbocycles. The monoisotopic (exact) mass is 527 g/mol. The lowest BCUT2D eigenvalue weighted by Gasteiger charge is -2.12. The smallest absolute Gasteiger partial charge is 0.258 e. The standard InChI is InChI=1S/C25H16Cl3N3O2S/c26-14-7-12-20(22(28)13-14)24(33)29-15-8-10-16(11-9-15)30-25(34)31-23(32)19-5-1-4-18-17(19)3-2-6-21(18)27/h1-13H,(H,29,33)(H2,30,31,32,34). The van der Waals surface area contributed by atoms with Crippen LogP contribution in [0.25, 0.3) is 10.8 Å². The van der Waals surface area contributed by atoms with Crippen LogP contribution in [-0.2, 0) is 0 Å². The summed E-state index contributed by atoms with van der Waals surface area (Å²) in [6.07, 6.45) is 0. The van der Waals surface area contributed by atoms with Gasteiger partial charge in [0, 0.05) is 32.4 Å². The van der Waals surface area contributed by atoms with Gasteiger partial charge in [0.1, 0.15) is 0 Å². The average molecular weight is 529 g/mol. The van der Waals surface area contributed by atoms with Crippen LogP contribution in [0.3, 0.4) is 0 Å². The Kier molecular flexibility index (Phi) is 7.34. The Morgan fingerprint density at radius 2 is 1.29 bits per heavy atom. The summed E-state index contributed by atoms with van der Waals surface area (Å²) in [4.78, 5) is 25.2. The van der Waals surface area contributed by atoms with Gasteiger partial charge in [0.2, 0.25) is 0 Å². The molecular weight excluding hydrogens is 513 g/mol. The van der Waals surface area contributed by atoms with Gasteiger partial charge >= 0.3 is 0 Å². The van der Waals surface area contributed by atoms with Crippen LogP contribution in [-0.4, -0.2) is 16.9 Å². The van der Waals surface area contributed by atoms with Crippen LogP contribution in [0.15, 0.2) is 78.9 Å². The van der Waals surface area contributed by atoms with Gasteiger partial charge in [0.15, 0.2) is 5.11 Å². The van der Waals surface area contributed by atoms with E-state index in [0.717, 1.165) is 10.8 Å². The number of thiocarbonyl (C=S) groups is 1. The number of anilines is 2. The zero-order valence-electron chi connectivity index (χ0n) is 17.4. The van der Waals surface area contributed by atoms with E-state index in [1.165, 1.54) is 6.07 Å². The summed E-state index contributed by atoms with van der Waals surface area (Å²) >= 11 is 23.5. The molecule has 4 aromatic carbocycles. The molecule has 0 bridgehead atoms. The number of fused-ring (bicyclic) bond motifs is 1. The number of rotatable bonds is 4. The minimum atomic E-state index is -0.361. The lowest BCUT2D eigenvalue weighted by molar-refractivity contribution is 0.0978. The molecule has 170 valence electrons. The maximum absolute atomic E-state index is 12.8. The molecule has 0 unspecified atom stereocenters. The van der Waals surface area contributed by atoms with Crippen molar-refractivity contribution in [1.29, 1.82) is 0 Å². The number of hydrogen-bond donors (Lipinski definition) is 3. The van der Waals surface area contributed by atoms with E-state index in [0.29, 0.717) is 32.5 Å². The Bertz CT molecular complexity index is 1430. The van der Waals surface area contributed by atoms with Crippen molar-refractivity contribution in [2.24, 2.45) is 0 Å². The summed E-state index contributed by atoms with van der Waals surface area (Å²) in [5.41, 5.74) is 1.97. The van der Waals surface area contributed by atoms with Gasteiger partial charge in [0.25, 0.3) is 11.8 Å². The van der Waals surface area contributed by atoms with Crippen LogP contribution in [0.4, 0.5) is 11.4 Å². The lowest BCUT2D eigenvalue weighted by Crippen LogP contribution is -2.34. The minimum Gasteiger partial charge on any atom is -0.332 e. The van der Waals surface area contributed by atoms with Crippen LogP contribution in [0.2, 0.25) is 15.1 Å². The Morgan fingerprint density at radius 3 is 2.00 bits per heavy atom. The van der Waals surface area contributed by atoms with Crippen molar-refractivity contribution in [3.8, 4) is 0 Å². The second kappa shape index (κ2) is 10.4. The maximum atomic E-state index is 12.8. The first kappa shape index (κ1) is 24.0. The van der Waals surface area contributed by atoms with Gasteiger partial charge in [-0.3, -0.25) is 14.9 Å². The van der Waals surface area contributed by atoms with Gasteiger partial charge in [-0.1, -0.05) is 59.1 Å². The third-order valence-corrected chi connectivity index (χ3v) is 6.00. The van der Waals surface area contributed by atoms with Crippen LogP contribution in [0, 0.1) is 0 Å². The number of nitrogens with one attached hydrogen (secondary N) is 3. The molecule has 0 aromatic heterocycles. The third-order valence-electron chi connectivity index (χ3n) is 4.92. The summed E-state index contributed by atoms with van der Waals surface area (Å²) in [7, 11) is 0. The zero-order valence-corrected chi connectivity index (χ0v) is 20.4. The molecule has 5 nitrogen and oxygen atoms in total. The van der Waals surface area contributed by atoms with E-state index >= 15 is 0 Å². The van der Waals surface area contributed by atoms with E-state index in [2.05, 4.69) is 16.0 Å². The topological polar surface area (TPSA) is 70.2 Å². The van der Waals surface area contributed by atoms with Crippen LogP contribution >= 0.6 is 47.0 Å². The van der Waals surface area contributed by atoms with Crippen molar-refractivity contribution in [1.82, 2.24) is 5.32 Å². The van der Waals surface area contributed by atoms with Crippen molar-refractivity contribution in [2.75, 3.05) is 10.6 Å². The molecule has 3 N–H and O–H groups in total. The van der Waals surface area contributed by atoms with E-state index in [-0.39, 0.29) is 21.9 Å². The first-order valence-corrected chi connectivity index (χ1v) is 11.5. The molecule has 2 amide bonds. The van der Waals surface area contributed by atoms with E-state index in [1.54, 1.807) is 60.7 Å². The first-order valence-electron chi connectivity index (χ1n) is 9.98. The summed E-state index contributed by atoms with van der Waals surface area (Å²) in [6, 6.07) is 22.2. The summed E-state index contributed by atoms with van der Waals surface area (Å²) in [5.74, 6) is -0.713. The van der Waals surface area contributed by atoms with Gasteiger partial charge in [-0.2, -0.15) is 0 Å². The molecule has 0 radical (unpaired) electrons. The first-order chi connectivity index (χ1) is 16.3. The number of carbonyl (C=O) groups is 2. The predicted molar refractivity (Wildman–Crippen MR) is 144 cm³/mol. The van der Waals surface area contributed by atoms with Crippen molar-refractivity contribution >= 4 is 86.1 Å². The summed E-state index contributed by atoms with van der Waals surface area (Å²) in [6.45, 7) is 0. The molecule has 34 heavy (non-hydrogen) atoms. The highest BCUT2D eigenvalue weighted by Crippen LogP contribution is 2.26. The highest BCUT2D eigenvalue weighted by atomic mass is 35.5. The molecule has 0 heterocycles. The van der Waals surface area contributed by atoms with Crippen molar-refractivity contribution in [3.05, 3.63) is 105 Å². The number of amides is 2. The Labute approximate surface area is 216 Å². The molecule has 0 saturated carbocycles. The predicted octanol–water partition coefficient (Wildman–Crippen LogP) is 7.18. The fourth-order valence-corrected chi connectivity index (χ4v) is 4.25. The molecule has 9 heteroatoms. The molecule has 0 aliphatic heterocycles. The third kappa shape index (κ3) is 5.48. The molecular formula is C25H16Cl3N3O2S. The number of carbonyl (C=O) groups excluding carboxylic acids is 2. The van der Waals surface area contributed by atoms with Crippen molar-refractivity contribution < 1.29 is 9.59 Å². The van der Waals surface area contributed by atoms with Gasteiger partial charge in [0.05, 0.1) is 10.6 Å². The van der Waals surface area contributed by atoms with Crippen LogP contribution in [0.1, 0.15) is 20.7 Å². The SMILES string of the molecule is O=C(Nc1ccc(NC(=S)NC(=O)c2cccc3c(Cl)cccc23)cc1)c1ccc(Cl)cc1Cl. The molecule has 0 saturated heterocycles. The largest absolute Gasteiger partial charge is 0.332 e. The van der Waals surface area contributed by atoms with Gasteiger partial charge in [-0.15, -0.1) is 0 Å². The zero-order chi connectivity index (χ0) is 24.2. The second-order valence-corrected chi connectivity index (χ2v) is 8.86. The lowest BCUT2D eigenvalue weighted by atomic mass is 10.0. The normalized spacial score (nSPS) is 10.6. The number of halogens is 3. The fraction of sp³-hybridized carbons (Fsp3) is 0. The van der Waals surface area contributed by atoms with Crippen LogP contribution < -0.4 is 16.0 Å². The molecule has 0 atom stereocenters. The summed E-state index contributed by atoms with van der Waals surface area (Å²) < 4.78 is 0. The van der Waals surface area contributed by atoms with Crippen LogP contribution in [0.5, 0.6) is 0 Å². The van der Waals surface area contributed by atoms with Gasteiger partial charge in [-0.05, 0) is 72.2 Å². The maximum Gasteiger partial charge on any atom is 0.258 e. The molecule has 4 rings (SSSR count). The Hall–Kier alpha value is -3.16. The quantitative estimate of drug-likeness (QED) is 0.245. The van der Waals surface area contributed by atoms with Gasteiger partial charge < -0.3 is 10.6 Å². The molecule has 0 fully saturated rings.